The first-order valence-corrected chi connectivity index (χ1v) is 6.72. The molecule has 1 heterocycles. The predicted octanol–water partition coefficient (Wildman–Crippen LogP) is 2.42. The van der Waals surface area contributed by atoms with Gasteiger partial charge in [0.2, 0.25) is 0 Å². The van der Waals surface area contributed by atoms with E-state index in [-0.39, 0.29) is 12.0 Å². The second-order valence-corrected chi connectivity index (χ2v) is 4.91. The summed E-state index contributed by atoms with van der Waals surface area (Å²) in [6.07, 6.45) is 1.66. The second kappa shape index (κ2) is 7.17. The van der Waals surface area contributed by atoms with Crippen LogP contribution in [0, 0.1) is 0 Å². The van der Waals surface area contributed by atoms with Crippen LogP contribution in [0.3, 0.4) is 0 Å². The van der Waals surface area contributed by atoms with Crippen LogP contribution in [-0.2, 0) is 4.74 Å². The standard InChI is InChI=1S/C12H18N2O2S/c1-4-17-8-9(2)14-11-10(12(15)16-3)6-5-7-13-11/h5-7,9H,4,8H2,1-3H3,(H,13,14). The molecule has 1 unspecified atom stereocenters. The van der Waals surface area contributed by atoms with Crippen molar-refractivity contribution in [3.05, 3.63) is 23.9 Å². The van der Waals surface area contributed by atoms with Gasteiger partial charge in [0, 0.05) is 18.0 Å². The van der Waals surface area contributed by atoms with Crippen molar-refractivity contribution in [1.29, 1.82) is 0 Å². The summed E-state index contributed by atoms with van der Waals surface area (Å²) in [5.74, 6) is 2.28. The minimum Gasteiger partial charge on any atom is -0.465 e. The van der Waals surface area contributed by atoms with Crippen molar-refractivity contribution in [1.82, 2.24) is 4.98 Å². The van der Waals surface area contributed by atoms with E-state index in [1.807, 2.05) is 11.8 Å². The number of nitrogens with one attached hydrogen (secondary N) is 1. The van der Waals surface area contributed by atoms with Crippen molar-refractivity contribution in [3.8, 4) is 0 Å². The van der Waals surface area contributed by atoms with E-state index in [0.29, 0.717) is 11.4 Å². The van der Waals surface area contributed by atoms with Crippen molar-refractivity contribution in [3.63, 3.8) is 0 Å². The minimum atomic E-state index is -0.365. The molecule has 17 heavy (non-hydrogen) atoms. The molecule has 94 valence electrons. The highest BCUT2D eigenvalue weighted by molar-refractivity contribution is 7.99. The number of aromatic nitrogens is 1. The van der Waals surface area contributed by atoms with Crippen LogP contribution >= 0.6 is 11.8 Å². The van der Waals surface area contributed by atoms with Gasteiger partial charge in [0.25, 0.3) is 0 Å². The lowest BCUT2D eigenvalue weighted by Crippen LogP contribution is -2.21. The number of pyridine rings is 1. The summed E-state index contributed by atoms with van der Waals surface area (Å²) in [6.45, 7) is 4.19. The normalized spacial score (nSPS) is 11.9. The topological polar surface area (TPSA) is 51.2 Å². The molecule has 1 atom stereocenters. The molecule has 0 aliphatic rings. The predicted molar refractivity (Wildman–Crippen MR) is 71.7 cm³/mol. The van der Waals surface area contributed by atoms with E-state index in [9.17, 15) is 4.79 Å². The monoisotopic (exact) mass is 254 g/mol. The molecule has 0 bridgehead atoms. The van der Waals surface area contributed by atoms with Gasteiger partial charge in [-0.25, -0.2) is 9.78 Å². The van der Waals surface area contributed by atoms with Gasteiger partial charge in [0.1, 0.15) is 11.4 Å². The zero-order chi connectivity index (χ0) is 12.7. The van der Waals surface area contributed by atoms with Crippen LogP contribution in [0.4, 0.5) is 5.82 Å². The Morgan fingerprint density at radius 1 is 1.65 bits per heavy atom. The fourth-order valence-corrected chi connectivity index (χ4v) is 2.04. The Labute approximate surface area is 106 Å². The number of hydrogen-bond donors (Lipinski definition) is 1. The van der Waals surface area contributed by atoms with Crippen molar-refractivity contribution >= 4 is 23.5 Å². The third-order valence-electron chi connectivity index (χ3n) is 2.17. The van der Waals surface area contributed by atoms with Gasteiger partial charge in [-0.05, 0) is 24.8 Å². The number of thioether (sulfide) groups is 1. The van der Waals surface area contributed by atoms with Gasteiger partial charge in [-0.1, -0.05) is 6.92 Å². The molecule has 0 saturated heterocycles. The molecule has 0 aliphatic carbocycles. The lowest BCUT2D eigenvalue weighted by Gasteiger charge is -2.15. The summed E-state index contributed by atoms with van der Waals surface area (Å²) in [7, 11) is 1.37. The first-order valence-electron chi connectivity index (χ1n) is 5.56. The molecule has 5 heteroatoms. The fraction of sp³-hybridized carbons (Fsp3) is 0.500. The lowest BCUT2D eigenvalue weighted by molar-refractivity contribution is 0.0601. The Morgan fingerprint density at radius 2 is 2.41 bits per heavy atom. The molecule has 1 aromatic heterocycles. The Morgan fingerprint density at radius 3 is 3.06 bits per heavy atom. The second-order valence-electron chi connectivity index (χ2n) is 3.60. The Balaban J connectivity index is 2.73. The average molecular weight is 254 g/mol. The molecule has 1 N–H and O–H groups in total. The summed E-state index contributed by atoms with van der Waals surface area (Å²) in [5, 5.41) is 3.23. The van der Waals surface area contributed by atoms with Gasteiger partial charge >= 0.3 is 5.97 Å². The number of hydrogen-bond acceptors (Lipinski definition) is 5. The third kappa shape index (κ3) is 4.26. The van der Waals surface area contributed by atoms with E-state index < -0.39 is 0 Å². The zero-order valence-electron chi connectivity index (χ0n) is 10.4. The van der Waals surface area contributed by atoms with Crippen molar-refractivity contribution in [2.45, 2.75) is 19.9 Å². The number of carbonyl (C=O) groups is 1. The van der Waals surface area contributed by atoms with Gasteiger partial charge in [0.05, 0.1) is 7.11 Å². The average Bonchev–Trinajstić information content (AvgIpc) is 2.36. The summed E-state index contributed by atoms with van der Waals surface area (Å²) >= 11 is 1.85. The summed E-state index contributed by atoms with van der Waals surface area (Å²) < 4.78 is 4.72. The zero-order valence-corrected chi connectivity index (χ0v) is 11.2. The minimum absolute atomic E-state index is 0.262. The molecular formula is C12H18N2O2S. The van der Waals surface area contributed by atoms with Crippen LogP contribution in [-0.4, -0.2) is 35.6 Å². The highest BCUT2D eigenvalue weighted by Crippen LogP contribution is 2.15. The van der Waals surface area contributed by atoms with Gasteiger partial charge in [0.15, 0.2) is 0 Å². The van der Waals surface area contributed by atoms with Crippen LogP contribution in [0.15, 0.2) is 18.3 Å². The number of anilines is 1. The summed E-state index contributed by atoms with van der Waals surface area (Å²) in [5.41, 5.74) is 0.475. The van der Waals surface area contributed by atoms with E-state index in [4.69, 9.17) is 4.74 Å². The van der Waals surface area contributed by atoms with Crippen molar-refractivity contribution < 1.29 is 9.53 Å². The molecule has 0 radical (unpaired) electrons. The molecule has 0 aromatic carbocycles. The molecule has 0 aliphatic heterocycles. The van der Waals surface area contributed by atoms with Crippen molar-refractivity contribution in [2.24, 2.45) is 0 Å². The molecular weight excluding hydrogens is 236 g/mol. The maximum absolute atomic E-state index is 11.5. The Bertz CT molecular complexity index is 371. The molecule has 1 aromatic rings. The quantitative estimate of drug-likeness (QED) is 0.790. The largest absolute Gasteiger partial charge is 0.465 e. The Hall–Kier alpha value is -1.23. The summed E-state index contributed by atoms with van der Waals surface area (Å²) in [6, 6.07) is 3.70. The van der Waals surface area contributed by atoms with Crippen LogP contribution < -0.4 is 5.32 Å². The van der Waals surface area contributed by atoms with Crippen LogP contribution in [0.1, 0.15) is 24.2 Å². The smallest absolute Gasteiger partial charge is 0.341 e. The number of methoxy groups -OCH3 is 1. The highest BCUT2D eigenvalue weighted by atomic mass is 32.2. The van der Waals surface area contributed by atoms with Gasteiger partial charge in [-0.15, -0.1) is 0 Å². The van der Waals surface area contributed by atoms with Crippen LogP contribution in [0.25, 0.3) is 0 Å². The Kier molecular flexibility index (Phi) is 5.83. The number of esters is 1. The number of nitrogens with zero attached hydrogens (tertiary/aromatic N) is 1. The fourth-order valence-electron chi connectivity index (χ4n) is 1.36. The van der Waals surface area contributed by atoms with Crippen LogP contribution in [0.2, 0.25) is 0 Å². The SMILES string of the molecule is CCSCC(C)Nc1ncccc1C(=O)OC. The molecule has 0 spiro atoms. The van der Waals surface area contributed by atoms with E-state index in [2.05, 4.69) is 24.1 Å². The van der Waals surface area contributed by atoms with E-state index in [0.717, 1.165) is 11.5 Å². The molecule has 4 nitrogen and oxygen atoms in total. The number of ether oxygens (including phenoxy) is 1. The number of carbonyl (C=O) groups excluding carboxylic acids is 1. The summed E-state index contributed by atoms with van der Waals surface area (Å²) in [4.78, 5) is 15.7. The van der Waals surface area contributed by atoms with Crippen LogP contribution in [0.5, 0.6) is 0 Å². The first-order chi connectivity index (χ1) is 8.19. The van der Waals surface area contributed by atoms with E-state index in [1.165, 1.54) is 7.11 Å². The highest BCUT2D eigenvalue weighted by Gasteiger charge is 2.13. The van der Waals surface area contributed by atoms with Gasteiger partial charge < -0.3 is 10.1 Å². The molecule has 1 rings (SSSR count). The van der Waals surface area contributed by atoms with Gasteiger partial charge in [-0.3, -0.25) is 0 Å². The molecule has 0 fully saturated rings. The number of rotatable bonds is 6. The van der Waals surface area contributed by atoms with E-state index in [1.54, 1.807) is 18.3 Å². The lowest BCUT2D eigenvalue weighted by atomic mass is 10.2. The first kappa shape index (κ1) is 13.8. The molecule has 0 amide bonds. The van der Waals surface area contributed by atoms with Crippen molar-refractivity contribution in [2.75, 3.05) is 23.9 Å². The molecule has 0 saturated carbocycles. The van der Waals surface area contributed by atoms with E-state index >= 15 is 0 Å². The van der Waals surface area contributed by atoms with Gasteiger partial charge in [-0.2, -0.15) is 11.8 Å². The maximum Gasteiger partial charge on any atom is 0.341 e. The maximum atomic E-state index is 11.5. The third-order valence-corrected chi connectivity index (χ3v) is 3.31.